The van der Waals surface area contributed by atoms with Crippen LogP contribution in [0.2, 0.25) is 0 Å². The molecular formula is C37H43F4N7O6. The van der Waals surface area contributed by atoms with Crippen molar-refractivity contribution in [2.24, 2.45) is 0 Å². The van der Waals surface area contributed by atoms with Gasteiger partial charge in [-0.25, -0.2) is 24.1 Å². The molecule has 0 aliphatic carbocycles. The normalized spacial score (nSPS) is 13.2. The molecule has 0 bridgehead atoms. The number of pyridine rings is 1. The van der Waals surface area contributed by atoms with Gasteiger partial charge in [0, 0.05) is 24.0 Å². The van der Waals surface area contributed by atoms with Crippen LogP contribution in [0.25, 0.3) is 11.3 Å². The predicted molar refractivity (Wildman–Crippen MR) is 193 cm³/mol. The van der Waals surface area contributed by atoms with E-state index in [1.54, 1.807) is 58.9 Å². The quantitative estimate of drug-likeness (QED) is 0.125. The lowest BCUT2D eigenvalue weighted by atomic mass is 10.1. The third-order valence-electron chi connectivity index (χ3n) is 7.19. The standard InChI is InChI=1S/C33H35F4N7O4.C4H8O2/c1-31(2,3)48-30(46)44-32(4,5)18-47-29-26(38)39-17-25(43-29)20-8-6-19(7-9-20)15-40-27-24(14-21(16-41-27)33(35,36)37)28(45)42-23-12-10-22(34)11-13-23;1-2-6-4-3-5-1/h6-14,16-17H,15,18H2,1-5H3,(H2,38,39)(H,40,41)(H,42,45)(H,44,46);1-4H2. The van der Waals surface area contributed by atoms with E-state index in [4.69, 9.17) is 24.7 Å². The van der Waals surface area contributed by atoms with E-state index in [1.165, 1.54) is 18.3 Å². The maximum atomic E-state index is 13.4. The number of nitrogen functional groups attached to an aromatic ring is 1. The number of hydrogen-bond donors (Lipinski definition) is 4. The second kappa shape index (κ2) is 18.0. The lowest BCUT2D eigenvalue weighted by Crippen LogP contribution is -2.49. The van der Waals surface area contributed by atoms with Gasteiger partial charge in [-0.2, -0.15) is 13.2 Å². The second-order valence-corrected chi connectivity index (χ2v) is 13.6. The fraction of sp³-hybridized carbons (Fsp3) is 0.378. The minimum atomic E-state index is -4.73. The number of halogens is 4. The highest BCUT2D eigenvalue weighted by molar-refractivity contribution is 6.07. The molecule has 0 spiro atoms. The highest BCUT2D eigenvalue weighted by Gasteiger charge is 2.33. The first kappa shape index (κ1) is 41.2. The maximum absolute atomic E-state index is 13.4. The molecule has 5 N–H and O–H groups in total. The van der Waals surface area contributed by atoms with Gasteiger partial charge >= 0.3 is 12.3 Å². The Morgan fingerprint density at radius 1 is 0.889 bits per heavy atom. The zero-order valence-electron chi connectivity index (χ0n) is 30.5. The van der Waals surface area contributed by atoms with Crippen LogP contribution in [0.3, 0.4) is 0 Å². The molecule has 1 aliphatic rings. The van der Waals surface area contributed by atoms with E-state index >= 15 is 0 Å². The molecule has 2 amide bonds. The van der Waals surface area contributed by atoms with Gasteiger partial charge in [-0.15, -0.1) is 0 Å². The van der Waals surface area contributed by atoms with Crippen LogP contribution < -0.4 is 26.4 Å². The Kier molecular flexibility index (Phi) is 13.7. The number of nitrogens with one attached hydrogen (secondary N) is 3. The molecule has 1 aliphatic heterocycles. The maximum Gasteiger partial charge on any atom is 0.417 e. The first-order valence-corrected chi connectivity index (χ1v) is 16.8. The van der Waals surface area contributed by atoms with Gasteiger partial charge in [0.15, 0.2) is 5.82 Å². The molecule has 17 heteroatoms. The number of anilines is 3. The number of aromatic nitrogens is 3. The largest absolute Gasteiger partial charge is 0.473 e. The molecule has 4 aromatic rings. The SMILES string of the molecule is C1COCCO1.CC(C)(COc1nc(-c2ccc(CNc3ncc(C(F)(F)F)cc3C(=O)Nc3ccc(F)cc3)cc2)cnc1N)NC(=O)OC(C)(C)C. The third-order valence-corrected chi connectivity index (χ3v) is 7.19. The second-order valence-electron chi connectivity index (χ2n) is 13.6. The van der Waals surface area contributed by atoms with Crippen LogP contribution in [0.15, 0.2) is 67.0 Å². The molecule has 0 unspecified atom stereocenters. The zero-order chi connectivity index (χ0) is 39.5. The summed E-state index contributed by atoms with van der Waals surface area (Å²) >= 11 is 0. The monoisotopic (exact) mass is 757 g/mol. The van der Waals surface area contributed by atoms with Crippen LogP contribution >= 0.6 is 0 Å². The summed E-state index contributed by atoms with van der Waals surface area (Å²) < 4.78 is 74.5. The number of amides is 2. The van der Waals surface area contributed by atoms with Gasteiger partial charge in [-0.1, -0.05) is 24.3 Å². The Bertz CT molecular complexity index is 1850. The summed E-state index contributed by atoms with van der Waals surface area (Å²) in [7, 11) is 0. The Morgan fingerprint density at radius 3 is 2.09 bits per heavy atom. The third kappa shape index (κ3) is 13.1. The molecule has 5 rings (SSSR count). The topological polar surface area (TPSA) is 172 Å². The summed E-state index contributed by atoms with van der Waals surface area (Å²) in [4.78, 5) is 37.7. The van der Waals surface area contributed by atoms with Crippen molar-refractivity contribution in [3.8, 4) is 17.1 Å². The highest BCUT2D eigenvalue weighted by Crippen LogP contribution is 2.31. The number of hydrogen-bond acceptors (Lipinski definition) is 11. The summed E-state index contributed by atoms with van der Waals surface area (Å²) in [5.74, 6) is -1.36. The van der Waals surface area contributed by atoms with Crippen molar-refractivity contribution in [2.45, 2.75) is 58.5 Å². The molecule has 0 atom stereocenters. The van der Waals surface area contributed by atoms with Gasteiger partial charge in [0.2, 0.25) is 0 Å². The summed E-state index contributed by atoms with van der Waals surface area (Å²) in [5.41, 5.74) is 5.05. The molecule has 1 saturated heterocycles. The molecule has 1 fully saturated rings. The summed E-state index contributed by atoms with van der Waals surface area (Å²) in [6.07, 6.45) is -3.22. The molecule has 54 heavy (non-hydrogen) atoms. The number of ether oxygens (including phenoxy) is 4. The average Bonchev–Trinajstić information content (AvgIpc) is 3.11. The van der Waals surface area contributed by atoms with Crippen molar-refractivity contribution in [3.05, 3.63) is 89.5 Å². The van der Waals surface area contributed by atoms with Crippen molar-refractivity contribution in [1.82, 2.24) is 20.3 Å². The summed E-state index contributed by atoms with van der Waals surface area (Å²) in [5, 5.41) is 8.11. The van der Waals surface area contributed by atoms with Gasteiger partial charge < -0.3 is 40.6 Å². The highest BCUT2D eigenvalue weighted by atomic mass is 19.4. The average molecular weight is 758 g/mol. The minimum Gasteiger partial charge on any atom is -0.473 e. The number of rotatable bonds is 10. The number of alkyl halides is 3. The Balaban J connectivity index is 0.000000983. The number of nitrogens with zero attached hydrogens (tertiary/aromatic N) is 3. The Labute approximate surface area is 310 Å². The molecule has 13 nitrogen and oxygen atoms in total. The van der Waals surface area contributed by atoms with E-state index in [0.717, 1.165) is 38.6 Å². The van der Waals surface area contributed by atoms with Crippen LogP contribution in [0.4, 0.5) is 39.7 Å². The zero-order valence-corrected chi connectivity index (χ0v) is 30.5. The van der Waals surface area contributed by atoms with Crippen molar-refractivity contribution in [1.29, 1.82) is 0 Å². The van der Waals surface area contributed by atoms with E-state index in [-0.39, 0.29) is 41.9 Å². The van der Waals surface area contributed by atoms with Crippen molar-refractivity contribution < 1.29 is 46.1 Å². The van der Waals surface area contributed by atoms with Crippen LogP contribution in [0.5, 0.6) is 5.88 Å². The van der Waals surface area contributed by atoms with Crippen LogP contribution in [-0.4, -0.2) is 71.1 Å². The molecule has 290 valence electrons. The Morgan fingerprint density at radius 2 is 1.52 bits per heavy atom. The number of carbonyl (C=O) groups excluding carboxylic acids is 2. The number of nitrogens with two attached hydrogens (primary N) is 1. The van der Waals surface area contributed by atoms with E-state index in [1.807, 2.05) is 0 Å². The molecule has 0 radical (unpaired) electrons. The molecule has 0 saturated carbocycles. The predicted octanol–water partition coefficient (Wildman–Crippen LogP) is 6.86. The fourth-order valence-electron chi connectivity index (χ4n) is 4.58. The van der Waals surface area contributed by atoms with Crippen molar-refractivity contribution in [2.75, 3.05) is 49.4 Å². The number of benzene rings is 2. The van der Waals surface area contributed by atoms with E-state index in [9.17, 15) is 27.2 Å². The van der Waals surface area contributed by atoms with Crippen LogP contribution in [0, 0.1) is 5.82 Å². The van der Waals surface area contributed by atoms with Crippen LogP contribution in [0.1, 0.15) is 56.1 Å². The number of carbonyl (C=O) groups is 2. The van der Waals surface area contributed by atoms with Gasteiger partial charge in [-0.3, -0.25) is 4.79 Å². The van der Waals surface area contributed by atoms with E-state index < -0.39 is 40.7 Å². The fourth-order valence-corrected chi connectivity index (χ4v) is 4.58. The van der Waals surface area contributed by atoms with Gasteiger partial charge in [0.25, 0.3) is 11.8 Å². The molecular weight excluding hydrogens is 714 g/mol. The van der Waals surface area contributed by atoms with Crippen LogP contribution in [-0.2, 0) is 26.9 Å². The van der Waals surface area contributed by atoms with Gasteiger partial charge in [-0.05, 0) is 70.5 Å². The van der Waals surface area contributed by atoms with E-state index in [0.29, 0.717) is 29.1 Å². The summed E-state index contributed by atoms with van der Waals surface area (Å²) in [6, 6.07) is 12.5. The molecule has 3 heterocycles. The van der Waals surface area contributed by atoms with Gasteiger partial charge in [0.05, 0.1) is 55.0 Å². The molecule has 2 aromatic heterocycles. The van der Waals surface area contributed by atoms with Crippen molar-refractivity contribution >= 4 is 29.3 Å². The Hall–Kier alpha value is -5.55. The van der Waals surface area contributed by atoms with Gasteiger partial charge in [0.1, 0.15) is 23.8 Å². The van der Waals surface area contributed by atoms with E-state index in [2.05, 4.69) is 30.9 Å². The summed E-state index contributed by atoms with van der Waals surface area (Å²) in [6.45, 7) is 12.0. The molecule has 2 aromatic carbocycles. The minimum absolute atomic E-state index is 0.0150. The lowest BCUT2D eigenvalue weighted by Gasteiger charge is -2.28. The lowest BCUT2D eigenvalue weighted by molar-refractivity contribution is -0.137. The number of alkyl carbamates (subject to hydrolysis) is 1. The first-order chi connectivity index (χ1) is 25.4. The first-order valence-electron chi connectivity index (χ1n) is 16.8. The van der Waals surface area contributed by atoms with Crippen molar-refractivity contribution in [3.63, 3.8) is 0 Å². The smallest absolute Gasteiger partial charge is 0.417 e.